The summed E-state index contributed by atoms with van der Waals surface area (Å²) in [5, 5.41) is 60.4. The van der Waals surface area contributed by atoms with Gasteiger partial charge in [0.25, 0.3) is 0 Å². The molecule has 6 N–H and O–H groups in total. The molecule has 0 aromatic heterocycles. The van der Waals surface area contributed by atoms with Gasteiger partial charge in [-0.3, -0.25) is 0 Å². The van der Waals surface area contributed by atoms with Crippen molar-refractivity contribution < 1.29 is 58.0 Å². The molecular formula is C57H63F3O9. The molecule has 1 unspecified atom stereocenters. The van der Waals surface area contributed by atoms with E-state index in [1.54, 1.807) is 91.0 Å². The first-order valence-electron chi connectivity index (χ1n) is 23.2. The second-order valence-electron chi connectivity index (χ2n) is 19.4. The Morgan fingerprint density at radius 2 is 0.638 bits per heavy atom. The predicted molar refractivity (Wildman–Crippen MR) is 260 cm³/mol. The SMILES string of the molecule is COc1ccc(F)c(-c2ccc(CO)cc2C(O)C2(C)CC2)c1.COc1ccc(F)c(-c2ccc(CO)cc2[C@@H](O)C2(C)CC2)c1.COc1ccc(F)c(-c2ccc(CO)cc2[C@H](O)C2(C)CC2)c1. The summed E-state index contributed by atoms with van der Waals surface area (Å²) in [6.45, 7) is 5.73. The van der Waals surface area contributed by atoms with Crippen LogP contribution < -0.4 is 14.2 Å². The van der Waals surface area contributed by atoms with E-state index in [0.29, 0.717) is 84.0 Å². The average Bonchev–Trinajstić information content (AvgIpc) is 4.34. The van der Waals surface area contributed by atoms with Gasteiger partial charge in [0.2, 0.25) is 0 Å². The van der Waals surface area contributed by atoms with Crippen LogP contribution in [0.25, 0.3) is 33.4 Å². The lowest BCUT2D eigenvalue weighted by molar-refractivity contribution is 0.104. The number of hydrogen-bond acceptors (Lipinski definition) is 9. The van der Waals surface area contributed by atoms with Gasteiger partial charge in [-0.15, -0.1) is 0 Å². The standard InChI is InChI=1S/3C19H21FO3/c3*1-19(7-8-19)18(22)16-9-12(11-21)3-5-14(16)15-10-13(23-2)4-6-17(15)20/h3*3-6,9-10,18,21-22H,7-8,11H2,1-2H3/t2*18-;/m10./s1. The lowest BCUT2D eigenvalue weighted by atomic mass is 9.87. The zero-order valence-electron chi connectivity index (χ0n) is 40.0. The molecule has 69 heavy (non-hydrogen) atoms. The molecule has 0 spiro atoms. The van der Waals surface area contributed by atoms with Crippen molar-refractivity contribution in [1.82, 2.24) is 0 Å². The molecule has 366 valence electrons. The molecule has 0 aliphatic heterocycles. The maximum absolute atomic E-state index is 14.3. The minimum atomic E-state index is -0.686. The van der Waals surface area contributed by atoms with Gasteiger partial charge in [0.05, 0.1) is 59.5 Å². The molecule has 0 amide bonds. The van der Waals surface area contributed by atoms with Crippen molar-refractivity contribution in [3.8, 4) is 50.6 Å². The molecular weight excluding hydrogens is 886 g/mol. The van der Waals surface area contributed by atoms with Crippen LogP contribution in [0.1, 0.15) is 111 Å². The molecule has 6 aromatic rings. The molecule has 0 radical (unpaired) electrons. The van der Waals surface area contributed by atoms with Crippen molar-refractivity contribution in [2.45, 2.75) is 97.4 Å². The van der Waals surface area contributed by atoms with E-state index in [2.05, 4.69) is 0 Å². The third kappa shape index (κ3) is 11.3. The maximum atomic E-state index is 14.3. The normalized spacial score (nSPS) is 16.9. The molecule has 0 bridgehead atoms. The number of aliphatic hydroxyl groups excluding tert-OH is 6. The molecule has 12 heteroatoms. The van der Waals surface area contributed by atoms with Crippen molar-refractivity contribution in [3.05, 3.63) is 160 Å². The number of benzene rings is 6. The second-order valence-corrected chi connectivity index (χ2v) is 19.4. The molecule has 3 saturated carbocycles. The number of aliphatic hydroxyl groups is 6. The van der Waals surface area contributed by atoms with Crippen LogP contribution >= 0.6 is 0 Å². The van der Waals surface area contributed by atoms with Crippen LogP contribution in [0.5, 0.6) is 17.2 Å². The first-order valence-corrected chi connectivity index (χ1v) is 23.2. The molecule has 3 aliphatic rings. The van der Waals surface area contributed by atoms with Crippen LogP contribution in [0.4, 0.5) is 13.2 Å². The lowest BCUT2D eigenvalue weighted by Crippen LogP contribution is -2.12. The van der Waals surface area contributed by atoms with Gasteiger partial charge in [0, 0.05) is 16.7 Å². The van der Waals surface area contributed by atoms with E-state index in [1.165, 1.54) is 39.5 Å². The van der Waals surface area contributed by atoms with Gasteiger partial charge < -0.3 is 44.8 Å². The van der Waals surface area contributed by atoms with E-state index >= 15 is 0 Å². The summed E-state index contributed by atoms with van der Waals surface area (Å²) in [6, 6.07) is 29.5. The lowest BCUT2D eigenvalue weighted by Gasteiger charge is -2.22. The first-order chi connectivity index (χ1) is 32.9. The van der Waals surface area contributed by atoms with Crippen molar-refractivity contribution in [2.75, 3.05) is 21.3 Å². The van der Waals surface area contributed by atoms with Crippen LogP contribution in [0.15, 0.2) is 109 Å². The summed E-state index contributed by atoms with van der Waals surface area (Å²) in [5.41, 5.74) is 6.68. The van der Waals surface area contributed by atoms with Gasteiger partial charge in [0.1, 0.15) is 34.7 Å². The Labute approximate surface area is 402 Å². The Morgan fingerprint density at radius 3 is 0.841 bits per heavy atom. The molecule has 9 nitrogen and oxygen atoms in total. The van der Waals surface area contributed by atoms with Gasteiger partial charge in [-0.2, -0.15) is 0 Å². The van der Waals surface area contributed by atoms with E-state index in [-0.39, 0.29) is 53.5 Å². The van der Waals surface area contributed by atoms with E-state index in [4.69, 9.17) is 14.2 Å². The molecule has 3 aliphatic carbocycles. The fraction of sp³-hybridized carbons (Fsp3) is 0.368. The smallest absolute Gasteiger partial charge is 0.131 e. The Balaban J connectivity index is 0.000000153. The van der Waals surface area contributed by atoms with Crippen molar-refractivity contribution in [3.63, 3.8) is 0 Å². The molecule has 3 atom stereocenters. The summed E-state index contributed by atoms with van der Waals surface area (Å²) in [5.74, 6) is 0.591. The monoisotopic (exact) mass is 948 g/mol. The zero-order valence-corrected chi connectivity index (χ0v) is 40.0. The summed E-state index contributed by atoms with van der Waals surface area (Å²) in [4.78, 5) is 0. The molecule has 6 aromatic carbocycles. The first kappa shape index (κ1) is 51.1. The highest BCUT2D eigenvalue weighted by Crippen LogP contribution is 2.58. The Kier molecular flexibility index (Phi) is 15.6. The van der Waals surface area contributed by atoms with Crippen LogP contribution in [-0.2, 0) is 19.8 Å². The highest BCUT2D eigenvalue weighted by Gasteiger charge is 2.47. The topological polar surface area (TPSA) is 149 Å². The molecule has 3 fully saturated rings. The second kappa shape index (κ2) is 21.1. The van der Waals surface area contributed by atoms with E-state index in [9.17, 15) is 43.8 Å². The predicted octanol–water partition coefficient (Wildman–Crippen LogP) is 11.5. The highest BCUT2D eigenvalue weighted by molar-refractivity contribution is 5.73. The number of ether oxygens (including phenoxy) is 3. The average molecular weight is 949 g/mol. The molecule has 0 heterocycles. The quantitative estimate of drug-likeness (QED) is 0.0592. The number of hydrogen-bond donors (Lipinski definition) is 6. The summed E-state index contributed by atoms with van der Waals surface area (Å²) in [7, 11) is 4.60. The fourth-order valence-corrected chi connectivity index (χ4v) is 8.60. The van der Waals surface area contributed by atoms with Crippen molar-refractivity contribution in [2.24, 2.45) is 16.2 Å². The number of methoxy groups -OCH3 is 3. The van der Waals surface area contributed by atoms with E-state index in [1.807, 2.05) is 20.8 Å². The van der Waals surface area contributed by atoms with Crippen LogP contribution in [0, 0.1) is 33.7 Å². The Morgan fingerprint density at radius 1 is 0.391 bits per heavy atom. The van der Waals surface area contributed by atoms with Crippen molar-refractivity contribution >= 4 is 0 Å². The van der Waals surface area contributed by atoms with Crippen LogP contribution in [0.2, 0.25) is 0 Å². The number of halogens is 3. The third-order valence-corrected chi connectivity index (χ3v) is 14.3. The third-order valence-electron chi connectivity index (χ3n) is 14.3. The van der Waals surface area contributed by atoms with Crippen molar-refractivity contribution in [1.29, 1.82) is 0 Å². The van der Waals surface area contributed by atoms with Crippen LogP contribution in [0.3, 0.4) is 0 Å². The van der Waals surface area contributed by atoms with E-state index in [0.717, 1.165) is 38.5 Å². The van der Waals surface area contributed by atoms with E-state index < -0.39 is 18.3 Å². The maximum Gasteiger partial charge on any atom is 0.131 e. The summed E-state index contributed by atoms with van der Waals surface area (Å²) >= 11 is 0. The van der Waals surface area contributed by atoms with Gasteiger partial charge in [-0.05, 0) is 159 Å². The fourth-order valence-electron chi connectivity index (χ4n) is 8.60. The Bertz CT molecular complexity index is 2460. The van der Waals surface area contributed by atoms with Gasteiger partial charge >= 0.3 is 0 Å². The molecule has 9 rings (SSSR count). The van der Waals surface area contributed by atoms with Gasteiger partial charge in [-0.1, -0.05) is 75.4 Å². The highest BCUT2D eigenvalue weighted by atomic mass is 19.1. The zero-order chi connectivity index (χ0) is 49.8. The minimum absolute atomic E-state index is 0.114. The molecule has 0 saturated heterocycles. The van der Waals surface area contributed by atoms with Gasteiger partial charge in [0.15, 0.2) is 0 Å². The largest absolute Gasteiger partial charge is 0.497 e. The van der Waals surface area contributed by atoms with Gasteiger partial charge in [-0.25, -0.2) is 13.2 Å². The minimum Gasteiger partial charge on any atom is -0.497 e. The summed E-state index contributed by atoms with van der Waals surface area (Å²) in [6.07, 6.45) is 3.60. The van der Waals surface area contributed by atoms with Crippen LogP contribution in [-0.4, -0.2) is 52.0 Å². The number of rotatable bonds is 15. The summed E-state index contributed by atoms with van der Waals surface area (Å²) < 4.78 is 58.6. The Hall–Kier alpha value is -5.73.